The molecule has 1 saturated heterocycles. The van der Waals surface area contributed by atoms with Crippen molar-refractivity contribution in [3.63, 3.8) is 0 Å². The lowest BCUT2D eigenvalue weighted by molar-refractivity contribution is 0.285. The number of pyridine rings is 1. The number of halogens is 2. The largest absolute Gasteiger partial charge is 0.490 e. The Labute approximate surface area is 213 Å². The number of hydrogen-bond acceptors (Lipinski definition) is 4. The maximum Gasteiger partial charge on any atom is 0.192 e. The number of anilines is 1. The van der Waals surface area contributed by atoms with Crippen LogP contribution >= 0.6 is 24.0 Å². The summed E-state index contributed by atoms with van der Waals surface area (Å²) in [6.07, 6.45) is 6.76. The molecule has 33 heavy (non-hydrogen) atoms. The monoisotopic (exact) mass is 567 g/mol. The van der Waals surface area contributed by atoms with Crippen LogP contribution in [-0.2, 0) is 6.54 Å². The number of guanidine groups is 1. The third kappa shape index (κ3) is 7.45. The lowest BCUT2D eigenvalue weighted by Gasteiger charge is -2.19. The van der Waals surface area contributed by atoms with Gasteiger partial charge in [0.15, 0.2) is 17.5 Å². The van der Waals surface area contributed by atoms with E-state index in [2.05, 4.69) is 32.7 Å². The van der Waals surface area contributed by atoms with Gasteiger partial charge in [-0.3, -0.25) is 0 Å². The number of benzene rings is 1. The van der Waals surface area contributed by atoms with E-state index in [1.807, 2.05) is 26.1 Å². The fraction of sp³-hybridized carbons (Fsp3) is 0.520. The second-order valence-corrected chi connectivity index (χ2v) is 8.72. The van der Waals surface area contributed by atoms with Crippen molar-refractivity contribution in [2.45, 2.75) is 52.1 Å². The Morgan fingerprint density at radius 2 is 2.03 bits per heavy atom. The Balaban J connectivity index is 0.00000306. The normalized spacial score (nSPS) is 16.8. The van der Waals surface area contributed by atoms with E-state index in [1.165, 1.54) is 25.7 Å². The highest BCUT2D eigenvalue weighted by Gasteiger charge is 2.22. The van der Waals surface area contributed by atoms with Crippen molar-refractivity contribution >= 4 is 35.8 Å². The Hall–Kier alpha value is -2.10. The van der Waals surface area contributed by atoms with Crippen molar-refractivity contribution in [2.24, 2.45) is 10.9 Å². The maximum atomic E-state index is 14.5. The van der Waals surface area contributed by atoms with Gasteiger partial charge < -0.3 is 20.3 Å². The average Bonchev–Trinajstić information content (AvgIpc) is 3.47. The van der Waals surface area contributed by atoms with Gasteiger partial charge in [0.05, 0.1) is 19.2 Å². The summed E-state index contributed by atoms with van der Waals surface area (Å²) >= 11 is 0. The van der Waals surface area contributed by atoms with Crippen LogP contribution in [0.2, 0.25) is 0 Å². The van der Waals surface area contributed by atoms with Gasteiger partial charge in [0.2, 0.25) is 0 Å². The molecule has 0 spiro atoms. The van der Waals surface area contributed by atoms with E-state index in [0.717, 1.165) is 36.6 Å². The standard InChI is InChI=1S/C25H34FN5O.HI/c1-3-27-25(29-16-20-8-11-24(28-15-20)31-12-4-5-13-31)30-18(2)21-9-10-23(22(26)14-21)32-17-19-6-7-19;/h8-11,14-15,18-19H,3-7,12-13,16-17H2,1-2H3,(H2,27,29,30);1H. The van der Waals surface area contributed by atoms with Crippen molar-refractivity contribution in [2.75, 3.05) is 31.1 Å². The van der Waals surface area contributed by atoms with E-state index in [1.54, 1.807) is 12.1 Å². The lowest BCUT2D eigenvalue weighted by atomic mass is 10.1. The van der Waals surface area contributed by atoms with Gasteiger partial charge in [-0.15, -0.1) is 24.0 Å². The molecule has 1 unspecified atom stereocenters. The van der Waals surface area contributed by atoms with Crippen LogP contribution in [0.15, 0.2) is 41.5 Å². The second kappa shape index (κ2) is 12.4. The molecule has 180 valence electrons. The number of ether oxygens (including phenoxy) is 1. The van der Waals surface area contributed by atoms with Crippen LogP contribution in [0.5, 0.6) is 5.75 Å². The third-order valence-corrected chi connectivity index (χ3v) is 5.98. The molecule has 1 saturated carbocycles. The van der Waals surface area contributed by atoms with E-state index in [0.29, 0.717) is 30.8 Å². The predicted octanol–water partition coefficient (Wildman–Crippen LogP) is 5.04. The number of hydrogen-bond donors (Lipinski definition) is 2. The Kier molecular flexibility index (Phi) is 9.58. The van der Waals surface area contributed by atoms with E-state index in [9.17, 15) is 4.39 Å². The predicted molar refractivity (Wildman–Crippen MR) is 142 cm³/mol. The summed E-state index contributed by atoms with van der Waals surface area (Å²) in [4.78, 5) is 11.6. The minimum atomic E-state index is -0.317. The summed E-state index contributed by atoms with van der Waals surface area (Å²) in [7, 11) is 0. The molecule has 2 aliphatic rings. The highest BCUT2D eigenvalue weighted by Crippen LogP contribution is 2.30. The molecule has 6 nitrogen and oxygen atoms in total. The second-order valence-electron chi connectivity index (χ2n) is 8.72. The van der Waals surface area contributed by atoms with Crippen LogP contribution in [0, 0.1) is 11.7 Å². The fourth-order valence-corrected chi connectivity index (χ4v) is 3.82. The van der Waals surface area contributed by atoms with Gasteiger partial charge in [-0.2, -0.15) is 0 Å². The zero-order valence-corrected chi connectivity index (χ0v) is 21.8. The summed E-state index contributed by atoms with van der Waals surface area (Å²) in [5.74, 6) is 2.35. The van der Waals surface area contributed by atoms with Gasteiger partial charge in [-0.1, -0.05) is 12.1 Å². The summed E-state index contributed by atoms with van der Waals surface area (Å²) in [6.45, 7) is 8.08. The van der Waals surface area contributed by atoms with Crippen LogP contribution in [0.3, 0.4) is 0 Å². The number of aromatic nitrogens is 1. The zero-order valence-electron chi connectivity index (χ0n) is 19.5. The Morgan fingerprint density at radius 3 is 2.67 bits per heavy atom. The topological polar surface area (TPSA) is 61.8 Å². The van der Waals surface area contributed by atoms with E-state index in [4.69, 9.17) is 9.73 Å². The van der Waals surface area contributed by atoms with Gasteiger partial charge in [-0.25, -0.2) is 14.4 Å². The van der Waals surface area contributed by atoms with Crippen LogP contribution in [0.25, 0.3) is 0 Å². The number of rotatable bonds is 9. The van der Waals surface area contributed by atoms with Gasteiger partial charge in [0.25, 0.3) is 0 Å². The third-order valence-electron chi connectivity index (χ3n) is 5.98. The molecule has 2 fully saturated rings. The van der Waals surface area contributed by atoms with Crippen molar-refractivity contribution in [1.29, 1.82) is 0 Å². The van der Waals surface area contributed by atoms with Crippen LogP contribution < -0.4 is 20.3 Å². The minimum Gasteiger partial charge on any atom is -0.490 e. The van der Waals surface area contributed by atoms with Crippen molar-refractivity contribution in [3.8, 4) is 5.75 Å². The first-order valence-corrected chi connectivity index (χ1v) is 11.8. The molecule has 2 N–H and O–H groups in total. The molecule has 1 aliphatic carbocycles. The molecule has 1 aromatic carbocycles. The first-order chi connectivity index (χ1) is 15.6. The van der Waals surface area contributed by atoms with Crippen LogP contribution in [0.1, 0.15) is 56.7 Å². The SMILES string of the molecule is CCNC(=NCc1ccc(N2CCCC2)nc1)NC(C)c1ccc(OCC2CC2)c(F)c1.I. The van der Waals surface area contributed by atoms with E-state index in [-0.39, 0.29) is 35.8 Å². The average molecular weight is 567 g/mol. The summed E-state index contributed by atoms with van der Waals surface area (Å²) in [6, 6.07) is 9.25. The summed E-state index contributed by atoms with van der Waals surface area (Å²) in [5.41, 5.74) is 1.91. The van der Waals surface area contributed by atoms with Crippen molar-refractivity contribution in [1.82, 2.24) is 15.6 Å². The molecule has 2 aromatic rings. The van der Waals surface area contributed by atoms with Gasteiger partial charge in [0, 0.05) is 25.8 Å². The van der Waals surface area contributed by atoms with E-state index < -0.39 is 0 Å². The molecule has 0 amide bonds. The van der Waals surface area contributed by atoms with Gasteiger partial charge in [-0.05, 0) is 74.8 Å². The highest BCUT2D eigenvalue weighted by atomic mass is 127. The molecule has 4 rings (SSSR count). The number of aliphatic imine (C=N–C) groups is 1. The number of nitrogens with zero attached hydrogens (tertiary/aromatic N) is 3. The molecular formula is C25H35FIN5O. The molecule has 1 aromatic heterocycles. The zero-order chi connectivity index (χ0) is 22.3. The fourth-order valence-electron chi connectivity index (χ4n) is 3.82. The van der Waals surface area contributed by atoms with Crippen LogP contribution in [0.4, 0.5) is 10.2 Å². The van der Waals surface area contributed by atoms with Gasteiger partial charge >= 0.3 is 0 Å². The van der Waals surface area contributed by atoms with Crippen LogP contribution in [-0.4, -0.2) is 37.2 Å². The maximum absolute atomic E-state index is 14.5. The molecule has 0 radical (unpaired) electrons. The van der Waals surface area contributed by atoms with Gasteiger partial charge in [0.1, 0.15) is 5.82 Å². The molecular weight excluding hydrogens is 532 g/mol. The Morgan fingerprint density at radius 1 is 1.24 bits per heavy atom. The smallest absolute Gasteiger partial charge is 0.192 e. The summed E-state index contributed by atoms with van der Waals surface area (Å²) in [5, 5.41) is 6.64. The Bertz CT molecular complexity index is 914. The molecule has 2 heterocycles. The highest BCUT2D eigenvalue weighted by molar-refractivity contribution is 14.0. The summed E-state index contributed by atoms with van der Waals surface area (Å²) < 4.78 is 20.1. The molecule has 0 bridgehead atoms. The molecule has 8 heteroatoms. The minimum absolute atomic E-state index is 0. The lowest BCUT2D eigenvalue weighted by Crippen LogP contribution is -2.38. The molecule has 1 aliphatic heterocycles. The van der Waals surface area contributed by atoms with Crippen molar-refractivity contribution < 1.29 is 9.13 Å². The quantitative estimate of drug-likeness (QED) is 0.253. The first-order valence-electron chi connectivity index (χ1n) is 11.8. The number of nitrogens with one attached hydrogen (secondary N) is 2. The first kappa shape index (κ1) is 25.5. The van der Waals surface area contributed by atoms with Crippen molar-refractivity contribution in [3.05, 3.63) is 53.5 Å². The van der Waals surface area contributed by atoms with E-state index >= 15 is 0 Å². The molecule has 1 atom stereocenters.